The number of hydrogen-bond donors (Lipinski definition) is 3. The molecule has 1 atom stereocenters. The molecule has 3 nitrogen and oxygen atoms in total. The lowest BCUT2D eigenvalue weighted by Crippen LogP contribution is -2.26. The van der Waals surface area contributed by atoms with Crippen molar-refractivity contribution in [2.45, 2.75) is 32.4 Å². The van der Waals surface area contributed by atoms with Crippen molar-refractivity contribution in [3.63, 3.8) is 0 Å². The number of hydrogen-bond acceptors (Lipinski definition) is 3. The molecule has 0 fully saturated rings. The maximum absolute atomic E-state index is 9.76. The highest BCUT2D eigenvalue weighted by molar-refractivity contribution is 6.30. The zero-order valence-corrected chi connectivity index (χ0v) is 12.8. The van der Waals surface area contributed by atoms with Gasteiger partial charge in [-0.2, -0.15) is 0 Å². The van der Waals surface area contributed by atoms with Gasteiger partial charge in [-0.1, -0.05) is 23.7 Å². The maximum Gasteiger partial charge on any atom is 0.120 e. The summed E-state index contributed by atoms with van der Waals surface area (Å²) < 4.78 is 0. The van der Waals surface area contributed by atoms with Crippen molar-refractivity contribution in [2.75, 3.05) is 0 Å². The van der Waals surface area contributed by atoms with Gasteiger partial charge in [0.1, 0.15) is 11.5 Å². The molecule has 1 unspecified atom stereocenters. The first-order chi connectivity index (χ1) is 10.0. The summed E-state index contributed by atoms with van der Waals surface area (Å²) in [5.74, 6) is 0.555. The molecular formula is C17H20ClNO2. The lowest BCUT2D eigenvalue weighted by Gasteiger charge is -2.14. The van der Waals surface area contributed by atoms with Gasteiger partial charge in [0.15, 0.2) is 0 Å². The van der Waals surface area contributed by atoms with Gasteiger partial charge in [0.25, 0.3) is 0 Å². The van der Waals surface area contributed by atoms with Crippen molar-refractivity contribution in [2.24, 2.45) is 0 Å². The van der Waals surface area contributed by atoms with Crippen LogP contribution < -0.4 is 5.32 Å². The molecule has 0 amide bonds. The molecule has 0 aliphatic heterocycles. The standard InChI is InChI=1S/C17H20ClNO2/c1-12(2-3-13-4-7-16(20)8-5-13)19-11-14-10-15(18)6-9-17(14)21/h4-10,12,19-21H,2-3,11H2,1H3. The van der Waals surface area contributed by atoms with Crippen molar-refractivity contribution in [1.29, 1.82) is 0 Å². The number of nitrogens with one attached hydrogen (secondary N) is 1. The minimum Gasteiger partial charge on any atom is -0.508 e. The van der Waals surface area contributed by atoms with Crippen molar-refractivity contribution >= 4 is 11.6 Å². The predicted molar refractivity (Wildman–Crippen MR) is 85.8 cm³/mol. The van der Waals surface area contributed by atoms with E-state index in [-0.39, 0.29) is 5.75 Å². The molecule has 2 aromatic carbocycles. The summed E-state index contributed by atoms with van der Waals surface area (Å²) in [6.07, 6.45) is 1.92. The number of rotatable bonds is 6. The molecule has 0 saturated carbocycles. The van der Waals surface area contributed by atoms with Gasteiger partial charge in [0.2, 0.25) is 0 Å². The second kappa shape index (κ2) is 7.34. The third kappa shape index (κ3) is 4.96. The minimum atomic E-state index is 0.262. The SMILES string of the molecule is CC(CCc1ccc(O)cc1)NCc1cc(Cl)ccc1O. The molecule has 0 spiro atoms. The molecule has 112 valence electrons. The number of phenols is 2. The summed E-state index contributed by atoms with van der Waals surface area (Å²) in [5, 5.41) is 23.0. The first kappa shape index (κ1) is 15.7. The molecule has 0 aliphatic carbocycles. The van der Waals surface area contributed by atoms with Gasteiger partial charge in [-0.05, 0) is 55.7 Å². The highest BCUT2D eigenvalue weighted by atomic mass is 35.5. The Labute approximate surface area is 130 Å². The quantitative estimate of drug-likeness (QED) is 0.759. The molecule has 2 aromatic rings. The van der Waals surface area contributed by atoms with Gasteiger partial charge < -0.3 is 15.5 Å². The van der Waals surface area contributed by atoms with E-state index in [1.54, 1.807) is 30.3 Å². The molecule has 0 bridgehead atoms. The van der Waals surface area contributed by atoms with Crippen LogP contribution in [0, 0.1) is 0 Å². The van der Waals surface area contributed by atoms with Gasteiger partial charge in [0.05, 0.1) is 0 Å². The molecule has 4 heteroatoms. The van der Waals surface area contributed by atoms with Gasteiger partial charge in [-0.25, -0.2) is 0 Å². The summed E-state index contributed by atoms with van der Waals surface area (Å²) >= 11 is 5.93. The smallest absolute Gasteiger partial charge is 0.120 e. The number of halogens is 1. The highest BCUT2D eigenvalue weighted by Crippen LogP contribution is 2.21. The summed E-state index contributed by atoms with van der Waals surface area (Å²) in [5.41, 5.74) is 2.01. The van der Waals surface area contributed by atoms with E-state index in [1.807, 2.05) is 12.1 Å². The molecule has 0 radical (unpaired) electrons. The number of aromatic hydroxyl groups is 2. The van der Waals surface area contributed by atoms with E-state index in [0.29, 0.717) is 23.4 Å². The molecule has 3 N–H and O–H groups in total. The van der Waals surface area contributed by atoms with Crippen LogP contribution in [0.25, 0.3) is 0 Å². The van der Waals surface area contributed by atoms with Crippen LogP contribution >= 0.6 is 11.6 Å². The van der Waals surface area contributed by atoms with E-state index in [0.717, 1.165) is 18.4 Å². The van der Waals surface area contributed by atoms with Gasteiger partial charge in [0, 0.05) is 23.2 Å². The van der Waals surface area contributed by atoms with E-state index < -0.39 is 0 Å². The monoisotopic (exact) mass is 305 g/mol. The fourth-order valence-corrected chi connectivity index (χ4v) is 2.32. The predicted octanol–water partition coefficient (Wildman–Crippen LogP) is 3.86. The van der Waals surface area contributed by atoms with E-state index in [1.165, 1.54) is 5.56 Å². The van der Waals surface area contributed by atoms with Crippen LogP contribution in [0.4, 0.5) is 0 Å². The number of benzene rings is 2. The topological polar surface area (TPSA) is 52.5 Å². The van der Waals surface area contributed by atoms with Crippen molar-refractivity contribution in [3.8, 4) is 11.5 Å². The van der Waals surface area contributed by atoms with E-state index in [2.05, 4.69) is 12.2 Å². The Bertz CT molecular complexity index is 584. The highest BCUT2D eigenvalue weighted by Gasteiger charge is 2.06. The molecule has 0 aromatic heterocycles. The first-order valence-corrected chi connectivity index (χ1v) is 7.41. The summed E-state index contributed by atoms with van der Waals surface area (Å²) in [6, 6.07) is 12.7. The fourth-order valence-electron chi connectivity index (χ4n) is 2.13. The summed E-state index contributed by atoms with van der Waals surface area (Å²) in [4.78, 5) is 0. The second-order valence-electron chi connectivity index (χ2n) is 5.26. The summed E-state index contributed by atoms with van der Waals surface area (Å²) in [6.45, 7) is 2.70. The lowest BCUT2D eigenvalue weighted by molar-refractivity contribution is 0.455. The largest absolute Gasteiger partial charge is 0.508 e. The van der Waals surface area contributed by atoms with Crippen LogP contribution in [-0.4, -0.2) is 16.3 Å². The van der Waals surface area contributed by atoms with Crippen LogP contribution in [0.5, 0.6) is 11.5 Å². The maximum atomic E-state index is 9.76. The van der Waals surface area contributed by atoms with Crippen LogP contribution in [0.3, 0.4) is 0 Å². The van der Waals surface area contributed by atoms with Crippen LogP contribution in [0.15, 0.2) is 42.5 Å². The van der Waals surface area contributed by atoms with Crippen molar-refractivity contribution in [3.05, 3.63) is 58.6 Å². The Balaban J connectivity index is 1.80. The Morgan fingerprint density at radius 2 is 1.81 bits per heavy atom. The van der Waals surface area contributed by atoms with Crippen LogP contribution in [-0.2, 0) is 13.0 Å². The molecule has 21 heavy (non-hydrogen) atoms. The van der Waals surface area contributed by atoms with Crippen molar-refractivity contribution < 1.29 is 10.2 Å². The Morgan fingerprint density at radius 3 is 2.52 bits per heavy atom. The van der Waals surface area contributed by atoms with Gasteiger partial charge >= 0.3 is 0 Å². The molecule has 0 saturated heterocycles. The molecule has 2 rings (SSSR count). The average Bonchev–Trinajstić information content (AvgIpc) is 2.47. The Hall–Kier alpha value is -1.71. The van der Waals surface area contributed by atoms with Gasteiger partial charge in [-0.15, -0.1) is 0 Å². The summed E-state index contributed by atoms with van der Waals surface area (Å²) in [7, 11) is 0. The fraction of sp³-hybridized carbons (Fsp3) is 0.294. The molecule has 0 heterocycles. The third-order valence-electron chi connectivity index (χ3n) is 3.48. The Morgan fingerprint density at radius 1 is 1.10 bits per heavy atom. The third-order valence-corrected chi connectivity index (χ3v) is 3.72. The average molecular weight is 306 g/mol. The molecule has 0 aliphatic rings. The van der Waals surface area contributed by atoms with E-state index in [4.69, 9.17) is 11.6 Å². The van der Waals surface area contributed by atoms with E-state index >= 15 is 0 Å². The van der Waals surface area contributed by atoms with E-state index in [9.17, 15) is 10.2 Å². The molecular weight excluding hydrogens is 286 g/mol. The van der Waals surface area contributed by atoms with Gasteiger partial charge in [-0.3, -0.25) is 0 Å². The zero-order chi connectivity index (χ0) is 15.2. The first-order valence-electron chi connectivity index (χ1n) is 7.03. The lowest BCUT2D eigenvalue weighted by atomic mass is 10.1. The second-order valence-corrected chi connectivity index (χ2v) is 5.70. The number of phenolic OH excluding ortho intramolecular Hbond substituents is 2. The van der Waals surface area contributed by atoms with Crippen molar-refractivity contribution in [1.82, 2.24) is 5.32 Å². The zero-order valence-electron chi connectivity index (χ0n) is 12.0. The number of aryl methyl sites for hydroxylation is 1. The minimum absolute atomic E-state index is 0.262. The van der Waals surface area contributed by atoms with Crippen LogP contribution in [0.1, 0.15) is 24.5 Å². The normalized spacial score (nSPS) is 12.3. The Kier molecular flexibility index (Phi) is 5.48. The van der Waals surface area contributed by atoms with Crippen LogP contribution in [0.2, 0.25) is 5.02 Å².